The molecule has 1 atom stereocenters. The van der Waals surface area contributed by atoms with Gasteiger partial charge in [0.15, 0.2) is 0 Å². The number of aryl methyl sites for hydroxylation is 1. The highest BCUT2D eigenvalue weighted by Gasteiger charge is 2.05. The van der Waals surface area contributed by atoms with Crippen molar-refractivity contribution in [1.82, 2.24) is 0 Å². The Morgan fingerprint density at radius 2 is 1.43 bits per heavy atom. The molecule has 1 unspecified atom stereocenters. The summed E-state index contributed by atoms with van der Waals surface area (Å²) >= 11 is 0. The Morgan fingerprint density at radius 1 is 0.810 bits per heavy atom. The molecule has 0 radical (unpaired) electrons. The molecule has 1 N–H and O–H groups in total. The van der Waals surface area contributed by atoms with Crippen LogP contribution in [0.4, 0.5) is 0 Å². The third-order valence-corrected chi connectivity index (χ3v) is 4.56. The zero-order valence-electron chi connectivity index (χ0n) is 14.1. The van der Waals surface area contributed by atoms with Crippen LogP contribution in [0.15, 0.2) is 24.3 Å². The van der Waals surface area contributed by atoms with Crippen molar-refractivity contribution in [2.24, 2.45) is 5.92 Å². The van der Waals surface area contributed by atoms with Gasteiger partial charge < -0.3 is 5.11 Å². The van der Waals surface area contributed by atoms with Crippen molar-refractivity contribution in [1.29, 1.82) is 0 Å². The lowest BCUT2D eigenvalue weighted by Gasteiger charge is -2.14. The first-order valence-corrected chi connectivity index (χ1v) is 9.04. The molecule has 1 nitrogen and oxygen atoms in total. The van der Waals surface area contributed by atoms with E-state index < -0.39 is 0 Å². The fourth-order valence-corrected chi connectivity index (χ4v) is 3.01. The normalized spacial score (nSPS) is 12.5. The molecule has 1 heteroatoms. The molecule has 0 spiro atoms. The van der Waals surface area contributed by atoms with E-state index in [-0.39, 0.29) is 0 Å². The lowest BCUT2D eigenvalue weighted by Crippen LogP contribution is -1.99. The van der Waals surface area contributed by atoms with Crippen molar-refractivity contribution in [2.45, 2.75) is 84.5 Å². The van der Waals surface area contributed by atoms with E-state index >= 15 is 0 Å². The van der Waals surface area contributed by atoms with Crippen molar-refractivity contribution < 1.29 is 5.11 Å². The number of aromatic hydroxyl groups is 1. The van der Waals surface area contributed by atoms with Gasteiger partial charge in [0.2, 0.25) is 0 Å². The number of rotatable bonds is 12. The summed E-state index contributed by atoms with van der Waals surface area (Å²) in [4.78, 5) is 0. The van der Waals surface area contributed by atoms with Gasteiger partial charge in [0.1, 0.15) is 5.75 Å². The molecule has 0 aromatic heterocycles. The molecule has 0 saturated carbocycles. The first-order chi connectivity index (χ1) is 10.3. The molecule has 0 saturated heterocycles. The molecule has 0 aliphatic carbocycles. The number of benzene rings is 1. The van der Waals surface area contributed by atoms with Gasteiger partial charge >= 0.3 is 0 Å². The zero-order valence-corrected chi connectivity index (χ0v) is 14.1. The van der Waals surface area contributed by atoms with Crippen molar-refractivity contribution in [3.8, 4) is 5.75 Å². The monoisotopic (exact) mass is 290 g/mol. The van der Waals surface area contributed by atoms with Crippen molar-refractivity contribution >= 4 is 0 Å². The largest absolute Gasteiger partial charge is 0.508 e. The molecule has 1 aromatic carbocycles. The molecule has 0 aliphatic heterocycles. The summed E-state index contributed by atoms with van der Waals surface area (Å²) in [5.41, 5.74) is 1.35. The van der Waals surface area contributed by atoms with Gasteiger partial charge in [-0.3, -0.25) is 0 Å². The van der Waals surface area contributed by atoms with Crippen molar-refractivity contribution in [3.63, 3.8) is 0 Å². The Kier molecular flexibility index (Phi) is 10.0. The van der Waals surface area contributed by atoms with Crippen LogP contribution < -0.4 is 0 Å². The highest BCUT2D eigenvalue weighted by molar-refractivity contribution is 5.25. The minimum absolute atomic E-state index is 0.368. The smallest absolute Gasteiger partial charge is 0.115 e. The van der Waals surface area contributed by atoms with Crippen LogP contribution in [0.5, 0.6) is 5.75 Å². The van der Waals surface area contributed by atoms with Crippen LogP contribution in [0.3, 0.4) is 0 Å². The highest BCUT2D eigenvalue weighted by Crippen LogP contribution is 2.21. The first kappa shape index (κ1) is 18.1. The zero-order chi connectivity index (χ0) is 15.3. The summed E-state index contributed by atoms with van der Waals surface area (Å²) in [6.07, 6.45) is 14.9. The quantitative estimate of drug-likeness (QED) is 0.436. The van der Waals surface area contributed by atoms with Gasteiger partial charge in [0, 0.05) is 0 Å². The Hall–Kier alpha value is -0.980. The van der Waals surface area contributed by atoms with Gasteiger partial charge in [-0.05, 0) is 36.5 Å². The van der Waals surface area contributed by atoms with Crippen LogP contribution in [0, 0.1) is 5.92 Å². The molecule has 1 aromatic rings. The molecule has 0 heterocycles. The standard InChI is InChI=1S/C20H34O/c1-3-5-6-8-11-18(4-2)12-9-7-10-13-19-14-16-20(21)17-15-19/h14-18,21H,3-13H2,1-2H3. The number of phenolic OH excluding ortho intramolecular Hbond substituents is 1. The lowest BCUT2D eigenvalue weighted by molar-refractivity contribution is 0.396. The van der Waals surface area contributed by atoms with Crippen LogP contribution in [-0.2, 0) is 6.42 Å². The second-order valence-corrected chi connectivity index (χ2v) is 6.39. The van der Waals surface area contributed by atoms with Crippen LogP contribution in [0.25, 0.3) is 0 Å². The Bertz CT molecular complexity index is 341. The third kappa shape index (κ3) is 8.80. The van der Waals surface area contributed by atoms with E-state index in [2.05, 4.69) is 13.8 Å². The minimum Gasteiger partial charge on any atom is -0.508 e. The van der Waals surface area contributed by atoms with E-state index in [1.165, 1.54) is 69.8 Å². The fourth-order valence-electron chi connectivity index (χ4n) is 3.01. The topological polar surface area (TPSA) is 20.2 Å². The lowest BCUT2D eigenvalue weighted by atomic mass is 9.92. The van der Waals surface area contributed by atoms with Crippen LogP contribution in [0.2, 0.25) is 0 Å². The molecular formula is C20H34O. The van der Waals surface area contributed by atoms with E-state index in [1.807, 2.05) is 12.1 Å². The first-order valence-electron chi connectivity index (χ1n) is 9.04. The van der Waals surface area contributed by atoms with E-state index in [4.69, 9.17) is 0 Å². The number of phenols is 1. The molecule has 0 amide bonds. The number of unbranched alkanes of at least 4 members (excludes halogenated alkanes) is 5. The van der Waals surface area contributed by atoms with Crippen molar-refractivity contribution in [2.75, 3.05) is 0 Å². The van der Waals surface area contributed by atoms with Crippen LogP contribution in [-0.4, -0.2) is 5.11 Å². The second-order valence-electron chi connectivity index (χ2n) is 6.39. The predicted molar refractivity (Wildman–Crippen MR) is 92.8 cm³/mol. The number of hydrogen-bond acceptors (Lipinski definition) is 1. The highest BCUT2D eigenvalue weighted by atomic mass is 16.3. The van der Waals surface area contributed by atoms with Gasteiger partial charge in [0.25, 0.3) is 0 Å². The molecule has 0 aliphatic rings. The average molecular weight is 290 g/mol. The Morgan fingerprint density at radius 3 is 2.00 bits per heavy atom. The molecule has 21 heavy (non-hydrogen) atoms. The van der Waals surface area contributed by atoms with Gasteiger partial charge in [0.05, 0.1) is 0 Å². The molecule has 1 rings (SSSR count). The summed E-state index contributed by atoms with van der Waals surface area (Å²) in [7, 11) is 0. The Labute approximate surface area is 131 Å². The van der Waals surface area contributed by atoms with Crippen LogP contribution >= 0.6 is 0 Å². The fraction of sp³-hybridized carbons (Fsp3) is 0.700. The minimum atomic E-state index is 0.368. The van der Waals surface area contributed by atoms with E-state index in [0.717, 1.165) is 12.3 Å². The predicted octanol–water partition coefficient (Wildman–Crippen LogP) is 6.49. The maximum absolute atomic E-state index is 9.26. The Balaban J connectivity index is 2.04. The molecule has 0 bridgehead atoms. The van der Waals surface area contributed by atoms with Gasteiger partial charge in [-0.1, -0.05) is 83.8 Å². The van der Waals surface area contributed by atoms with E-state index in [1.54, 1.807) is 12.1 Å². The maximum atomic E-state index is 9.26. The summed E-state index contributed by atoms with van der Waals surface area (Å²) in [6.45, 7) is 4.63. The van der Waals surface area contributed by atoms with Crippen molar-refractivity contribution in [3.05, 3.63) is 29.8 Å². The summed E-state index contributed by atoms with van der Waals surface area (Å²) in [6, 6.07) is 7.66. The molecule has 0 fully saturated rings. The van der Waals surface area contributed by atoms with E-state index in [0.29, 0.717) is 5.75 Å². The molecular weight excluding hydrogens is 256 g/mol. The van der Waals surface area contributed by atoms with Gasteiger partial charge in [-0.25, -0.2) is 0 Å². The summed E-state index contributed by atoms with van der Waals surface area (Å²) in [5, 5.41) is 9.26. The SMILES string of the molecule is CCCCCCC(CC)CCCCCc1ccc(O)cc1. The summed E-state index contributed by atoms with van der Waals surface area (Å²) in [5.74, 6) is 1.32. The van der Waals surface area contributed by atoms with Gasteiger partial charge in [-0.15, -0.1) is 0 Å². The molecule has 120 valence electrons. The maximum Gasteiger partial charge on any atom is 0.115 e. The van der Waals surface area contributed by atoms with Crippen LogP contribution in [0.1, 0.15) is 83.6 Å². The average Bonchev–Trinajstić information content (AvgIpc) is 2.51. The second kappa shape index (κ2) is 11.7. The van der Waals surface area contributed by atoms with E-state index in [9.17, 15) is 5.11 Å². The summed E-state index contributed by atoms with van der Waals surface area (Å²) < 4.78 is 0. The number of hydrogen-bond donors (Lipinski definition) is 1. The van der Waals surface area contributed by atoms with Gasteiger partial charge in [-0.2, -0.15) is 0 Å². The third-order valence-electron chi connectivity index (χ3n) is 4.56.